The Kier molecular flexibility index (Phi) is 3.92. The first-order valence-corrected chi connectivity index (χ1v) is 6.04. The number of nitrogens with one attached hydrogen (secondary N) is 1. The summed E-state index contributed by atoms with van der Waals surface area (Å²) >= 11 is 0. The van der Waals surface area contributed by atoms with Crippen molar-refractivity contribution in [3.05, 3.63) is 35.4 Å². The third-order valence-corrected chi connectivity index (χ3v) is 3.39. The molecule has 0 aromatic heterocycles. The van der Waals surface area contributed by atoms with Crippen molar-refractivity contribution < 1.29 is 18.3 Å². The van der Waals surface area contributed by atoms with Crippen molar-refractivity contribution in [1.82, 2.24) is 5.32 Å². The summed E-state index contributed by atoms with van der Waals surface area (Å²) in [6.45, 7) is 1.61. The monoisotopic (exact) mass is 259 g/mol. The molecule has 18 heavy (non-hydrogen) atoms. The standard InChI is InChI=1S/C13H16F3NO/c14-13(15,16)11-3-1-2-10(8-11)12(18)9-4-6-17-7-5-9/h1-3,8-9,12,17-18H,4-7H2/t12-/m0/s1. The van der Waals surface area contributed by atoms with Gasteiger partial charge in [0.15, 0.2) is 0 Å². The average Bonchev–Trinajstić information content (AvgIpc) is 2.38. The molecule has 0 saturated carbocycles. The minimum Gasteiger partial charge on any atom is -0.388 e. The van der Waals surface area contributed by atoms with E-state index >= 15 is 0 Å². The van der Waals surface area contributed by atoms with E-state index in [1.54, 1.807) is 6.07 Å². The second-order valence-electron chi connectivity index (χ2n) is 4.66. The summed E-state index contributed by atoms with van der Waals surface area (Å²) in [5.74, 6) is 0.0368. The molecule has 1 aliphatic rings. The van der Waals surface area contributed by atoms with Crippen LogP contribution in [0.2, 0.25) is 0 Å². The van der Waals surface area contributed by atoms with E-state index < -0.39 is 17.8 Å². The van der Waals surface area contributed by atoms with E-state index in [-0.39, 0.29) is 5.92 Å². The van der Waals surface area contributed by atoms with E-state index in [1.807, 2.05) is 0 Å². The largest absolute Gasteiger partial charge is 0.416 e. The highest BCUT2D eigenvalue weighted by atomic mass is 19.4. The number of rotatable bonds is 2. The molecule has 5 heteroatoms. The van der Waals surface area contributed by atoms with Gasteiger partial charge in [0.1, 0.15) is 0 Å². The van der Waals surface area contributed by atoms with Crippen LogP contribution in [-0.2, 0) is 6.18 Å². The molecule has 1 aromatic carbocycles. The molecule has 0 bridgehead atoms. The maximum atomic E-state index is 12.6. The van der Waals surface area contributed by atoms with Crippen molar-refractivity contribution in [3.63, 3.8) is 0 Å². The quantitative estimate of drug-likeness (QED) is 0.856. The van der Waals surface area contributed by atoms with Gasteiger partial charge in [-0.1, -0.05) is 12.1 Å². The lowest BCUT2D eigenvalue weighted by atomic mass is 9.87. The van der Waals surface area contributed by atoms with Crippen LogP contribution in [0.5, 0.6) is 0 Å². The summed E-state index contributed by atoms with van der Waals surface area (Å²) in [5.41, 5.74) is -0.343. The lowest BCUT2D eigenvalue weighted by Gasteiger charge is -2.27. The number of aliphatic hydroxyl groups excluding tert-OH is 1. The number of alkyl halides is 3. The van der Waals surface area contributed by atoms with E-state index in [4.69, 9.17) is 0 Å². The number of piperidine rings is 1. The molecule has 1 saturated heterocycles. The maximum Gasteiger partial charge on any atom is 0.416 e. The fraction of sp³-hybridized carbons (Fsp3) is 0.538. The van der Waals surface area contributed by atoms with Gasteiger partial charge in [0.05, 0.1) is 11.7 Å². The molecule has 0 amide bonds. The summed E-state index contributed by atoms with van der Waals surface area (Å²) in [7, 11) is 0. The third-order valence-electron chi connectivity index (χ3n) is 3.39. The summed E-state index contributed by atoms with van der Waals surface area (Å²) in [6, 6.07) is 4.98. The zero-order valence-corrected chi connectivity index (χ0v) is 9.87. The van der Waals surface area contributed by atoms with Crippen molar-refractivity contribution in [1.29, 1.82) is 0 Å². The predicted molar refractivity (Wildman–Crippen MR) is 62.0 cm³/mol. The van der Waals surface area contributed by atoms with Crippen molar-refractivity contribution >= 4 is 0 Å². The topological polar surface area (TPSA) is 32.3 Å². The van der Waals surface area contributed by atoms with Gasteiger partial charge in [0.25, 0.3) is 0 Å². The van der Waals surface area contributed by atoms with E-state index in [9.17, 15) is 18.3 Å². The molecule has 1 heterocycles. The molecule has 1 aromatic rings. The Morgan fingerprint density at radius 2 is 1.89 bits per heavy atom. The Balaban J connectivity index is 2.17. The highest BCUT2D eigenvalue weighted by Crippen LogP contribution is 2.33. The van der Waals surface area contributed by atoms with Gasteiger partial charge in [0, 0.05) is 0 Å². The van der Waals surface area contributed by atoms with Crippen molar-refractivity contribution in [2.75, 3.05) is 13.1 Å². The number of hydrogen-bond acceptors (Lipinski definition) is 2. The fourth-order valence-electron chi connectivity index (χ4n) is 2.33. The van der Waals surface area contributed by atoms with Gasteiger partial charge in [-0.05, 0) is 49.5 Å². The van der Waals surface area contributed by atoms with Gasteiger partial charge in [-0.2, -0.15) is 13.2 Å². The molecule has 2 rings (SSSR count). The minimum absolute atomic E-state index is 0.0368. The number of aliphatic hydroxyl groups is 1. The van der Waals surface area contributed by atoms with Crippen LogP contribution in [0.4, 0.5) is 13.2 Å². The Bertz CT molecular complexity index is 399. The predicted octanol–water partition coefficient (Wildman–Crippen LogP) is 2.74. The minimum atomic E-state index is -4.36. The average molecular weight is 259 g/mol. The second kappa shape index (κ2) is 5.28. The van der Waals surface area contributed by atoms with Crippen LogP contribution < -0.4 is 5.32 Å². The normalized spacial score (nSPS) is 19.8. The second-order valence-corrected chi connectivity index (χ2v) is 4.66. The van der Waals surface area contributed by atoms with E-state index in [2.05, 4.69) is 5.32 Å². The van der Waals surface area contributed by atoms with Gasteiger partial charge < -0.3 is 10.4 Å². The number of hydrogen-bond donors (Lipinski definition) is 2. The van der Waals surface area contributed by atoms with Crippen molar-refractivity contribution in [2.45, 2.75) is 25.1 Å². The van der Waals surface area contributed by atoms with Crippen LogP contribution in [0.3, 0.4) is 0 Å². The Morgan fingerprint density at radius 3 is 2.50 bits per heavy atom. The zero-order chi connectivity index (χ0) is 13.2. The summed E-state index contributed by atoms with van der Waals surface area (Å²) in [4.78, 5) is 0. The maximum absolute atomic E-state index is 12.6. The molecule has 2 N–H and O–H groups in total. The van der Waals surface area contributed by atoms with E-state index in [0.717, 1.165) is 38.1 Å². The number of benzene rings is 1. The first kappa shape index (κ1) is 13.4. The van der Waals surface area contributed by atoms with E-state index in [1.165, 1.54) is 6.07 Å². The van der Waals surface area contributed by atoms with Gasteiger partial charge in [0.2, 0.25) is 0 Å². The third kappa shape index (κ3) is 3.03. The van der Waals surface area contributed by atoms with E-state index in [0.29, 0.717) is 5.56 Å². The molecule has 0 aliphatic carbocycles. The smallest absolute Gasteiger partial charge is 0.388 e. The van der Waals surface area contributed by atoms with Crippen LogP contribution in [0.1, 0.15) is 30.1 Å². The van der Waals surface area contributed by atoms with Crippen LogP contribution in [0, 0.1) is 5.92 Å². The first-order chi connectivity index (χ1) is 8.48. The Labute approximate surface area is 104 Å². The molecule has 0 radical (unpaired) electrons. The summed E-state index contributed by atoms with van der Waals surface area (Å²) < 4.78 is 37.7. The van der Waals surface area contributed by atoms with Crippen LogP contribution in [-0.4, -0.2) is 18.2 Å². The molecule has 0 unspecified atom stereocenters. The molecule has 0 spiro atoms. The zero-order valence-electron chi connectivity index (χ0n) is 9.87. The highest BCUT2D eigenvalue weighted by Gasteiger charge is 2.31. The Hall–Kier alpha value is -1.07. The van der Waals surface area contributed by atoms with Gasteiger partial charge in [-0.25, -0.2) is 0 Å². The summed E-state index contributed by atoms with van der Waals surface area (Å²) in [5, 5.41) is 13.3. The van der Waals surface area contributed by atoms with Gasteiger partial charge in [-0.15, -0.1) is 0 Å². The first-order valence-electron chi connectivity index (χ1n) is 6.04. The van der Waals surface area contributed by atoms with Crippen LogP contribution in [0.25, 0.3) is 0 Å². The number of halogens is 3. The van der Waals surface area contributed by atoms with Crippen LogP contribution in [0.15, 0.2) is 24.3 Å². The SMILES string of the molecule is O[C@H](c1cccc(C(F)(F)F)c1)C1CCNCC1. The van der Waals surface area contributed by atoms with Crippen molar-refractivity contribution in [3.8, 4) is 0 Å². The molecule has 1 aliphatic heterocycles. The molecular weight excluding hydrogens is 243 g/mol. The molecular formula is C13H16F3NO. The lowest BCUT2D eigenvalue weighted by molar-refractivity contribution is -0.137. The lowest BCUT2D eigenvalue weighted by Crippen LogP contribution is -2.30. The molecule has 2 nitrogen and oxygen atoms in total. The Morgan fingerprint density at radius 1 is 1.22 bits per heavy atom. The van der Waals surface area contributed by atoms with Crippen molar-refractivity contribution in [2.24, 2.45) is 5.92 Å². The molecule has 100 valence electrons. The summed E-state index contributed by atoms with van der Waals surface area (Å²) in [6.07, 6.45) is -3.59. The van der Waals surface area contributed by atoms with Crippen LogP contribution >= 0.6 is 0 Å². The molecule has 1 fully saturated rings. The van der Waals surface area contributed by atoms with Gasteiger partial charge in [-0.3, -0.25) is 0 Å². The molecule has 1 atom stereocenters. The fourth-order valence-corrected chi connectivity index (χ4v) is 2.33. The highest BCUT2D eigenvalue weighted by molar-refractivity contribution is 5.27. The van der Waals surface area contributed by atoms with Gasteiger partial charge >= 0.3 is 6.18 Å².